The molecule has 1 saturated heterocycles. The molecule has 0 amide bonds. The number of likely N-dealkylation sites (tertiary alicyclic amines) is 1. The van der Waals surface area contributed by atoms with Gasteiger partial charge in [-0.25, -0.2) is 0 Å². The van der Waals surface area contributed by atoms with Gasteiger partial charge in [0.2, 0.25) is 0 Å². The fraction of sp³-hybridized carbons (Fsp3) is 0.480. The molecule has 1 fully saturated rings. The summed E-state index contributed by atoms with van der Waals surface area (Å²) in [4.78, 5) is 15.7. The summed E-state index contributed by atoms with van der Waals surface area (Å²) >= 11 is 0. The zero-order valence-corrected chi connectivity index (χ0v) is 16.5. The minimum atomic E-state index is 0.331. The van der Waals surface area contributed by atoms with E-state index in [9.17, 15) is 4.79 Å². The monoisotopic (exact) mass is 361 g/mol. The number of nitrogens with zero attached hydrogens (tertiary/aromatic N) is 1. The lowest BCUT2D eigenvalue weighted by atomic mass is 9.87. The van der Waals surface area contributed by atoms with Crippen LogP contribution in [-0.4, -0.2) is 30.3 Å². The van der Waals surface area contributed by atoms with E-state index < -0.39 is 0 Å². The highest BCUT2D eigenvalue weighted by molar-refractivity contribution is 6.01. The van der Waals surface area contributed by atoms with Gasteiger partial charge in [-0.15, -0.1) is 0 Å². The molecule has 4 rings (SSSR count). The number of Topliss-reactive ketones (excluding diaryl/α,β-unsaturated/α-hetero) is 1. The Kier molecular flexibility index (Phi) is 5.73. The van der Waals surface area contributed by atoms with E-state index in [0.29, 0.717) is 18.1 Å². The maximum Gasteiger partial charge on any atom is 0.163 e. The van der Waals surface area contributed by atoms with Gasteiger partial charge in [-0.1, -0.05) is 62.2 Å². The van der Waals surface area contributed by atoms with E-state index in [-0.39, 0.29) is 0 Å². The first kappa shape index (κ1) is 18.4. The van der Waals surface area contributed by atoms with Gasteiger partial charge in [0, 0.05) is 17.9 Å². The number of hydrogen-bond acceptors (Lipinski definition) is 2. The molecule has 1 aliphatic heterocycles. The van der Waals surface area contributed by atoms with Crippen LogP contribution in [0.4, 0.5) is 0 Å². The molecule has 2 nitrogen and oxygen atoms in total. The van der Waals surface area contributed by atoms with E-state index in [1.807, 2.05) is 0 Å². The summed E-state index contributed by atoms with van der Waals surface area (Å²) in [6.07, 6.45) is 7.90. The SMILES string of the molecule is CCCC1c2ccccc2-c2cccc(C(=O)CCCN3CCCCC3)c21. The van der Waals surface area contributed by atoms with Crippen LogP contribution in [0.1, 0.15) is 79.3 Å². The Balaban J connectivity index is 1.53. The van der Waals surface area contributed by atoms with Gasteiger partial charge in [-0.3, -0.25) is 4.79 Å². The molecule has 2 aromatic rings. The third kappa shape index (κ3) is 3.73. The van der Waals surface area contributed by atoms with Crippen LogP contribution in [0, 0.1) is 0 Å². The molecule has 1 unspecified atom stereocenters. The Hall–Kier alpha value is -1.93. The first-order valence-corrected chi connectivity index (χ1v) is 10.8. The molecule has 2 aromatic carbocycles. The fourth-order valence-corrected chi connectivity index (χ4v) is 4.99. The molecule has 1 atom stereocenters. The molecule has 0 spiro atoms. The van der Waals surface area contributed by atoms with Gasteiger partial charge in [0.05, 0.1) is 0 Å². The van der Waals surface area contributed by atoms with Crippen LogP contribution in [-0.2, 0) is 0 Å². The number of ketones is 1. The third-order valence-corrected chi connectivity index (χ3v) is 6.29. The highest BCUT2D eigenvalue weighted by Gasteiger charge is 2.31. The van der Waals surface area contributed by atoms with Crippen LogP contribution < -0.4 is 0 Å². The summed E-state index contributed by atoms with van der Waals surface area (Å²) in [5.41, 5.74) is 6.28. The summed E-state index contributed by atoms with van der Waals surface area (Å²) in [6.45, 7) is 5.73. The van der Waals surface area contributed by atoms with Crippen LogP contribution in [0.25, 0.3) is 11.1 Å². The first-order valence-electron chi connectivity index (χ1n) is 10.8. The number of benzene rings is 2. The van der Waals surface area contributed by atoms with Crippen LogP contribution in [0.3, 0.4) is 0 Å². The number of carbonyl (C=O) groups is 1. The zero-order chi connectivity index (χ0) is 18.6. The van der Waals surface area contributed by atoms with Gasteiger partial charge in [-0.05, 0) is 67.6 Å². The molecule has 0 bridgehead atoms. The Morgan fingerprint density at radius 1 is 1.00 bits per heavy atom. The lowest BCUT2D eigenvalue weighted by Gasteiger charge is -2.26. The first-order chi connectivity index (χ1) is 13.3. The number of piperidine rings is 1. The quantitative estimate of drug-likeness (QED) is 0.560. The summed E-state index contributed by atoms with van der Waals surface area (Å²) in [7, 11) is 0. The summed E-state index contributed by atoms with van der Waals surface area (Å²) < 4.78 is 0. The van der Waals surface area contributed by atoms with Crippen molar-refractivity contribution in [3.63, 3.8) is 0 Å². The van der Waals surface area contributed by atoms with Crippen molar-refractivity contribution in [3.05, 3.63) is 59.2 Å². The summed E-state index contributed by atoms with van der Waals surface area (Å²) in [6, 6.07) is 15.1. The fourth-order valence-electron chi connectivity index (χ4n) is 4.99. The normalized spacial score (nSPS) is 18.9. The van der Waals surface area contributed by atoms with Crippen molar-refractivity contribution >= 4 is 5.78 Å². The predicted molar refractivity (Wildman–Crippen MR) is 112 cm³/mol. The van der Waals surface area contributed by atoms with Crippen LogP contribution >= 0.6 is 0 Å². The maximum atomic E-state index is 13.1. The smallest absolute Gasteiger partial charge is 0.163 e. The second kappa shape index (κ2) is 8.39. The average Bonchev–Trinajstić information content (AvgIpc) is 3.03. The van der Waals surface area contributed by atoms with Gasteiger partial charge < -0.3 is 4.90 Å². The Morgan fingerprint density at radius 3 is 2.59 bits per heavy atom. The number of fused-ring (bicyclic) bond motifs is 3. The molecule has 1 aliphatic carbocycles. The molecular weight excluding hydrogens is 330 g/mol. The topological polar surface area (TPSA) is 20.3 Å². The van der Waals surface area contributed by atoms with Crippen LogP contribution in [0.15, 0.2) is 42.5 Å². The zero-order valence-electron chi connectivity index (χ0n) is 16.5. The van der Waals surface area contributed by atoms with Gasteiger partial charge in [0.1, 0.15) is 0 Å². The second-order valence-corrected chi connectivity index (χ2v) is 8.12. The Labute approximate surface area is 163 Å². The van der Waals surface area contributed by atoms with Gasteiger partial charge in [0.25, 0.3) is 0 Å². The minimum absolute atomic E-state index is 0.331. The molecule has 2 aliphatic rings. The van der Waals surface area contributed by atoms with Crippen LogP contribution in [0.2, 0.25) is 0 Å². The predicted octanol–water partition coefficient (Wildman–Crippen LogP) is 6.05. The van der Waals surface area contributed by atoms with Gasteiger partial charge in [0.15, 0.2) is 5.78 Å². The van der Waals surface area contributed by atoms with Crippen molar-refractivity contribution in [2.45, 2.75) is 57.8 Å². The number of hydrogen-bond donors (Lipinski definition) is 0. The van der Waals surface area contributed by atoms with Gasteiger partial charge >= 0.3 is 0 Å². The van der Waals surface area contributed by atoms with Gasteiger partial charge in [-0.2, -0.15) is 0 Å². The van der Waals surface area contributed by atoms with E-state index >= 15 is 0 Å². The van der Waals surface area contributed by atoms with Crippen molar-refractivity contribution < 1.29 is 4.79 Å². The lowest BCUT2D eigenvalue weighted by molar-refractivity contribution is 0.0972. The summed E-state index contributed by atoms with van der Waals surface area (Å²) in [5, 5.41) is 0. The van der Waals surface area contributed by atoms with Crippen molar-refractivity contribution in [3.8, 4) is 11.1 Å². The molecule has 0 N–H and O–H groups in total. The average molecular weight is 362 g/mol. The van der Waals surface area contributed by atoms with Crippen molar-refractivity contribution in [1.29, 1.82) is 0 Å². The highest BCUT2D eigenvalue weighted by atomic mass is 16.1. The molecule has 142 valence electrons. The van der Waals surface area contributed by atoms with Crippen molar-refractivity contribution in [2.75, 3.05) is 19.6 Å². The van der Waals surface area contributed by atoms with Crippen LogP contribution in [0.5, 0.6) is 0 Å². The Morgan fingerprint density at radius 2 is 1.78 bits per heavy atom. The molecule has 0 aromatic heterocycles. The molecule has 0 saturated carbocycles. The number of carbonyl (C=O) groups excluding carboxylic acids is 1. The molecule has 2 heteroatoms. The lowest BCUT2D eigenvalue weighted by Crippen LogP contribution is -2.30. The minimum Gasteiger partial charge on any atom is -0.303 e. The standard InChI is InChI=1S/C25H31NO/c1-2-10-21-19-11-4-5-12-20(19)22-13-8-14-23(25(21)22)24(27)15-9-18-26-16-6-3-7-17-26/h4-5,8,11-14,21H,2-3,6-7,9-10,15-18H2,1H3. The van der Waals surface area contributed by atoms with E-state index in [0.717, 1.165) is 31.4 Å². The van der Waals surface area contributed by atoms with E-state index in [4.69, 9.17) is 0 Å². The Bertz CT molecular complexity index is 804. The van der Waals surface area contributed by atoms with E-state index in [1.165, 1.54) is 54.6 Å². The maximum absolute atomic E-state index is 13.1. The largest absolute Gasteiger partial charge is 0.303 e. The second-order valence-electron chi connectivity index (χ2n) is 8.12. The van der Waals surface area contributed by atoms with Crippen molar-refractivity contribution in [1.82, 2.24) is 4.90 Å². The molecule has 27 heavy (non-hydrogen) atoms. The summed E-state index contributed by atoms with van der Waals surface area (Å²) in [5.74, 6) is 0.709. The van der Waals surface area contributed by atoms with E-state index in [2.05, 4.69) is 54.3 Å². The number of rotatable bonds is 7. The third-order valence-electron chi connectivity index (χ3n) is 6.29. The van der Waals surface area contributed by atoms with Crippen molar-refractivity contribution in [2.24, 2.45) is 0 Å². The molecular formula is C25H31NO. The molecule has 1 heterocycles. The molecule has 0 radical (unpaired) electrons. The van der Waals surface area contributed by atoms with E-state index in [1.54, 1.807) is 0 Å². The highest BCUT2D eigenvalue weighted by Crippen LogP contribution is 2.48.